The highest BCUT2D eigenvalue weighted by Gasteiger charge is 2.43. The number of pyridine rings is 2. The van der Waals surface area contributed by atoms with Crippen molar-refractivity contribution < 1.29 is 0 Å². The summed E-state index contributed by atoms with van der Waals surface area (Å²) < 4.78 is 1.12. The normalized spacial score (nSPS) is 12.8. The third kappa shape index (κ3) is 3.90. The number of benzene rings is 2. The lowest BCUT2D eigenvalue weighted by Crippen LogP contribution is -2.31. The lowest BCUT2D eigenvalue weighted by atomic mass is 9.70. The second-order valence-electron chi connectivity index (χ2n) is 7.38. The summed E-state index contributed by atoms with van der Waals surface area (Å²) in [5.74, 6) is 0. The molecule has 0 spiro atoms. The molecular weight excluding hydrogens is 479 g/mol. The molecule has 0 radical (unpaired) electrons. The minimum Gasteiger partial charge on any atom is -0.265 e. The van der Waals surface area contributed by atoms with E-state index >= 15 is 0 Å². The Balaban J connectivity index is 0.00000128. The van der Waals surface area contributed by atoms with Crippen molar-refractivity contribution in [3.05, 3.63) is 118 Å². The molecule has 0 aliphatic heterocycles. The van der Waals surface area contributed by atoms with Crippen molar-refractivity contribution in [2.24, 2.45) is 0 Å². The summed E-state index contributed by atoms with van der Waals surface area (Å²) in [4.78, 5) is 8.43. The molecule has 0 amide bonds. The van der Waals surface area contributed by atoms with E-state index in [1.165, 1.54) is 33.4 Å². The van der Waals surface area contributed by atoms with Crippen LogP contribution in [0.4, 0.5) is 0 Å². The fraction of sp³-hybridized carbons (Fsp3) is 0.120. The van der Waals surface area contributed by atoms with E-state index in [0.29, 0.717) is 0 Å². The van der Waals surface area contributed by atoms with Gasteiger partial charge in [-0.1, -0.05) is 46.3 Å². The maximum atomic E-state index is 4.21. The van der Waals surface area contributed by atoms with Crippen LogP contribution < -0.4 is 0 Å². The number of nitrogens with zero attached hydrogens (tertiary/aromatic N) is 2. The smallest absolute Gasteiger partial charge is 0.0296 e. The van der Waals surface area contributed by atoms with Crippen LogP contribution in [-0.2, 0) is 18.3 Å². The Bertz CT molecular complexity index is 1090. The maximum absolute atomic E-state index is 4.21. The van der Waals surface area contributed by atoms with Gasteiger partial charge in [-0.2, -0.15) is 0 Å². The van der Waals surface area contributed by atoms with E-state index in [1.54, 1.807) is 0 Å². The first-order valence-electron chi connectivity index (χ1n) is 9.44. The molecule has 2 aromatic carbocycles. The molecule has 30 heavy (non-hydrogen) atoms. The van der Waals surface area contributed by atoms with Gasteiger partial charge in [0.1, 0.15) is 0 Å². The second kappa shape index (κ2) is 9.30. The Kier molecular flexibility index (Phi) is 6.97. The van der Waals surface area contributed by atoms with Gasteiger partial charge in [-0.3, -0.25) is 9.97 Å². The van der Waals surface area contributed by atoms with E-state index < -0.39 is 0 Å². The van der Waals surface area contributed by atoms with Crippen LogP contribution in [0.3, 0.4) is 0 Å². The van der Waals surface area contributed by atoms with Gasteiger partial charge in [0.15, 0.2) is 0 Å². The summed E-state index contributed by atoms with van der Waals surface area (Å²) >= 11 is 3.71. The van der Waals surface area contributed by atoms with E-state index in [0.717, 1.165) is 17.3 Å². The van der Waals surface area contributed by atoms with Crippen molar-refractivity contribution in [3.63, 3.8) is 0 Å². The number of hydrogen-bond donors (Lipinski definition) is 0. The van der Waals surface area contributed by atoms with Gasteiger partial charge in [0, 0.05) is 34.7 Å². The van der Waals surface area contributed by atoms with Gasteiger partial charge in [0.2, 0.25) is 0 Å². The molecule has 0 bridgehead atoms. The maximum Gasteiger partial charge on any atom is 0.0296 e. The average Bonchev–Trinajstić information content (AvgIpc) is 2.99. The zero-order chi connectivity index (χ0) is 19.0. The van der Waals surface area contributed by atoms with Crippen LogP contribution >= 0.6 is 40.7 Å². The fourth-order valence-corrected chi connectivity index (χ4v) is 4.93. The summed E-state index contributed by atoms with van der Waals surface area (Å²) in [5.41, 5.74) is 7.93. The summed E-state index contributed by atoms with van der Waals surface area (Å²) in [5, 5.41) is 0. The third-order valence-electron chi connectivity index (χ3n) is 5.74. The molecule has 1 aliphatic carbocycles. The highest BCUT2D eigenvalue weighted by atomic mass is 79.9. The van der Waals surface area contributed by atoms with E-state index in [2.05, 4.69) is 92.6 Å². The fourth-order valence-electron chi connectivity index (χ4n) is 4.57. The molecule has 0 saturated carbocycles. The summed E-state index contributed by atoms with van der Waals surface area (Å²) in [6.07, 6.45) is 9.41. The molecule has 4 aromatic rings. The van der Waals surface area contributed by atoms with Crippen molar-refractivity contribution in [2.75, 3.05) is 0 Å². The van der Waals surface area contributed by atoms with E-state index in [9.17, 15) is 0 Å². The first kappa shape index (κ1) is 22.5. The van der Waals surface area contributed by atoms with E-state index in [4.69, 9.17) is 0 Å². The second-order valence-corrected chi connectivity index (χ2v) is 8.30. The topological polar surface area (TPSA) is 25.8 Å². The monoisotopic (exact) mass is 498 g/mol. The highest BCUT2D eigenvalue weighted by Crippen LogP contribution is 2.52. The molecule has 0 fully saturated rings. The van der Waals surface area contributed by atoms with Crippen LogP contribution in [0, 0.1) is 0 Å². The molecule has 2 heterocycles. The first-order valence-corrected chi connectivity index (χ1v) is 10.2. The molecule has 0 saturated heterocycles. The molecule has 5 rings (SSSR count). The Morgan fingerprint density at radius 3 is 1.77 bits per heavy atom. The minimum atomic E-state index is -0.127. The summed E-state index contributed by atoms with van der Waals surface area (Å²) in [6, 6.07) is 24.1. The number of hydrogen-bond acceptors (Lipinski definition) is 2. The largest absolute Gasteiger partial charge is 0.265 e. The Morgan fingerprint density at radius 2 is 1.17 bits per heavy atom. The molecule has 0 unspecified atom stereocenters. The summed E-state index contributed by atoms with van der Waals surface area (Å²) in [6.45, 7) is 0. The third-order valence-corrected chi connectivity index (χ3v) is 6.23. The SMILES string of the molecule is Brc1ccc2c(c1)C(Cc1ccncc1)(Cc1ccncc1)c1ccccc1-2.Cl.Cl. The Labute approximate surface area is 197 Å². The van der Waals surface area contributed by atoms with Crippen molar-refractivity contribution in [3.8, 4) is 11.1 Å². The van der Waals surface area contributed by atoms with Crippen LogP contribution in [0.1, 0.15) is 22.3 Å². The number of rotatable bonds is 4. The molecule has 2 nitrogen and oxygen atoms in total. The van der Waals surface area contributed by atoms with Gasteiger partial charge in [0.25, 0.3) is 0 Å². The predicted octanol–water partition coefficient (Wildman–Crippen LogP) is 6.83. The molecule has 1 aliphatic rings. The number of fused-ring (bicyclic) bond motifs is 3. The van der Waals surface area contributed by atoms with Gasteiger partial charge in [0.05, 0.1) is 0 Å². The van der Waals surface area contributed by atoms with E-state index in [1.807, 2.05) is 24.8 Å². The molecule has 0 N–H and O–H groups in total. The molecule has 5 heteroatoms. The number of halogens is 3. The van der Waals surface area contributed by atoms with Crippen LogP contribution in [0.2, 0.25) is 0 Å². The zero-order valence-corrected chi connectivity index (χ0v) is 19.4. The van der Waals surface area contributed by atoms with Crippen LogP contribution in [-0.4, -0.2) is 9.97 Å². The lowest BCUT2D eigenvalue weighted by molar-refractivity contribution is 0.519. The standard InChI is InChI=1S/C25H19BrN2.2ClH/c26-20-5-6-22-21-3-1-2-4-23(21)25(24(22)15-20,16-18-7-11-27-12-8-18)17-19-9-13-28-14-10-19;;/h1-15H,16-17H2;2*1H. The van der Waals surface area contributed by atoms with Gasteiger partial charge in [-0.25, -0.2) is 0 Å². The van der Waals surface area contributed by atoms with Gasteiger partial charge < -0.3 is 0 Å². The van der Waals surface area contributed by atoms with Gasteiger partial charge >= 0.3 is 0 Å². The Morgan fingerprint density at radius 1 is 0.633 bits per heavy atom. The summed E-state index contributed by atoms with van der Waals surface area (Å²) in [7, 11) is 0. The highest BCUT2D eigenvalue weighted by molar-refractivity contribution is 9.10. The van der Waals surface area contributed by atoms with Crippen LogP contribution in [0.25, 0.3) is 11.1 Å². The van der Waals surface area contributed by atoms with Crippen LogP contribution in [0.15, 0.2) is 96.0 Å². The number of aromatic nitrogens is 2. The molecule has 2 aromatic heterocycles. The molecule has 152 valence electrons. The van der Waals surface area contributed by atoms with E-state index in [-0.39, 0.29) is 30.2 Å². The molecule has 0 atom stereocenters. The van der Waals surface area contributed by atoms with Gasteiger partial charge in [-0.15, -0.1) is 24.8 Å². The van der Waals surface area contributed by atoms with Crippen molar-refractivity contribution in [2.45, 2.75) is 18.3 Å². The first-order chi connectivity index (χ1) is 13.8. The predicted molar refractivity (Wildman–Crippen MR) is 131 cm³/mol. The Hall–Kier alpha value is -2.20. The van der Waals surface area contributed by atoms with Crippen molar-refractivity contribution >= 4 is 40.7 Å². The zero-order valence-electron chi connectivity index (χ0n) is 16.2. The quantitative estimate of drug-likeness (QED) is 0.307. The lowest BCUT2D eigenvalue weighted by Gasteiger charge is -2.33. The van der Waals surface area contributed by atoms with Crippen LogP contribution in [0.5, 0.6) is 0 Å². The van der Waals surface area contributed by atoms with Crippen molar-refractivity contribution in [1.82, 2.24) is 9.97 Å². The average molecular weight is 500 g/mol. The van der Waals surface area contributed by atoms with Gasteiger partial charge in [-0.05, 0) is 82.6 Å². The van der Waals surface area contributed by atoms with Crippen molar-refractivity contribution in [1.29, 1.82) is 0 Å². The molecular formula is C25H21BrCl2N2. The minimum absolute atomic E-state index is 0.